The van der Waals surface area contributed by atoms with Crippen LogP contribution in [0.3, 0.4) is 0 Å². The molecule has 0 rings (SSSR count). The minimum Gasteiger partial charge on any atom is -0.394 e. The molecule has 0 atom stereocenters. The van der Waals surface area contributed by atoms with E-state index in [1.807, 2.05) is 0 Å². The van der Waals surface area contributed by atoms with Crippen molar-refractivity contribution in [2.75, 3.05) is 52.9 Å². The Hall–Kier alpha value is 0.150. The number of thiol groups is 1. The molecule has 0 aliphatic rings. The van der Waals surface area contributed by atoms with Gasteiger partial charge in [-0.3, -0.25) is 0 Å². The minimum atomic E-state index is 0.0485. The number of hydrogen-bond acceptors (Lipinski definition) is 6. The summed E-state index contributed by atoms with van der Waals surface area (Å²) in [4.78, 5) is 0. The van der Waals surface area contributed by atoms with E-state index in [9.17, 15) is 0 Å². The van der Waals surface area contributed by atoms with Crippen LogP contribution in [0.25, 0.3) is 0 Å². The van der Waals surface area contributed by atoms with Crippen LogP contribution in [0.4, 0.5) is 0 Å². The maximum atomic E-state index is 8.39. The molecule has 6 heteroatoms. The zero-order valence-electron chi connectivity index (χ0n) is 8.18. The molecule has 0 spiro atoms. The van der Waals surface area contributed by atoms with Crippen LogP contribution in [0.1, 0.15) is 0 Å². The molecule has 0 aromatic heterocycles. The smallest absolute Gasteiger partial charge is 0.0844 e. The first-order valence-electron chi connectivity index (χ1n) is 4.52. The van der Waals surface area contributed by atoms with Crippen molar-refractivity contribution in [3.63, 3.8) is 0 Å². The fourth-order valence-corrected chi connectivity index (χ4v) is 0.777. The second-order valence-corrected chi connectivity index (χ2v) is 2.65. The Bertz CT molecular complexity index is 91.7. The molecule has 0 aliphatic heterocycles. The third-order valence-corrected chi connectivity index (χ3v) is 1.48. The van der Waals surface area contributed by atoms with Gasteiger partial charge in [0, 0.05) is 0 Å². The van der Waals surface area contributed by atoms with Gasteiger partial charge in [0.1, 0.15) is 0 Å². The van der Waals surface area contributed by atoms with E-state index in [0.717, 1.165) is 0 Å². The summed E-state index contributed by atoms with van der Waals surface area (Å²) in [6, 6.07) is 0. The van der Waals surface area contributed by atoms with Crippen molar-refractivity contribution in [3.8, 4) is 0 Å². The number of hydrogen-bond donors (Lipinski definition) is 2. The van der Waals surface area contributed by atoms with Crippen molar-refractivity contribution in [3.05, 3.63) is 0 Å². The van der Waals surface area contributed by atoms with Gasteiger partial charge < -0.3 is 23.5 Å². The monoisotopic (exact) mass is 226 g/mol. The van der Waals surface area contributed by atoms with Gasteiger partial charge in [-0.15, -0.1) is 0 Å². The Morgan fingerprint density at radius 3 is 1.57 bits per heavy atom. The number of rotatable bonds is 11. The lowest BCUT2D eigenvalue weighted by atomic mass is 10.7. The van der Waals surface area contributed by atoms with E-state index in [1.54, 1.807) is 0 Å². The van der Waals surface area contributed by atoms with Crippen LogP contribution in [0.15, 0.2) is 0 Å². The lowest BCUT2D eigenvalue weighted by molar-refractivity contribution is 0.00452. The first kappa shape index (κ1) is 14.2. The first-order chi connectivity index (χ1) is 6.91. The molecule has 0 aromatic rings. The highest BCUT2D eigenvalue weighted by Crippen LogP contribution is 1.83. The van der Waals surface area contributed by atoms with Crippen LogP contribution in [0.5, 0.6) is 0 Å². The molecule has 0 bridgehead atoms. The van der Waals surface area contributed by atoms with E-state index in [1.165, 1.54) is 0 Å². The molecular weight excluding hydrogens is 208 g/mol. The van der Waals surface area contributed by atoms with E-state index in [0.29, 0.717) is 46.2 Å². The van der Waals surface area contributed by atoms with Crippen LogP contribution < -0.4 is 0 Å². The molecule has 0 saturated carbocycles. The van der Waals surface area contributed by atoms with Crippen molar-refractivity contribution in [2.24, 2.45) is 0 Å². The third-order valence-electron chi connectivity index (χ3n) is 1.30. The van der Waals surface area contributed by atoms with Gasteiger partial charge >= 0.3 is 0 Å². The van der Waals surface area contributed by atoms with E-state index in [2.05, 4.69) is 17.1 Å². The highest BCUT2D eigenvalue weighted by molar-refractivity contribution is 7.75. The SMILES string of the molecule is OCCOCCOCCOCCOS. The number of ether oxygens (including phenoxy) is 3. The second kappa shape index (κ2) is 13.2. The maximum Gasteiger partial charge on any atom is 0.0844 e. The van der Waals surface area contributed by atoms with Gasteiger partial charge in [0.25, 0.3) is 0 Å². The molecule has 86 valence electrons. The largest absolute Gasteiger partial charge is 0.394 e. The second-order valence-electron chi connectivity index (χ2n) is 2.39. The lowest BCUT2D eigenvalue weighted by Gasteiger charge is -2.05. The van der Waals surface area contributed by atoms with E-state index < -0.39 is 0 Å². The zero-order valence-corrected chi connectivity index (χ0v) is 9.08. The summed E-state index contributed by atoms with van der Waals surface area (Å²) in [6.07, 6.45) is 0. The van der Waals surface area contributed by atoms with E-state index >= 15 is 0 Å². The van der Waals surface area contributed by atoms with Crippen LogP contribution in [-0.2, 0) is 18.4 Å². The first-order valence-corrected chi connectivity index (χ1v) is 4.88. The van der Waals surface area contributed by atoms with Crippen LogP contribution in [-0.4, -0.2) is 58.0 Å². The summed E-state index contributed by atoms with van der Waals surface area (Å²) < 4.78 is 19.8. The van der Waals surface area contributed by atoms with Crippen molar-refractivity contribution in [2.45, 2.75) is 0 Å². The van der Waals surface area contributed by atoms with Crippen LogP contribution >= 0.6 is 12.9 Å². The van der Waals surface area contributed by atoms with E-state index in [-0.39, 0.29) is 6.61 Å². The molecule has 0 amide bonds. The summed E-state index contributed by atoms with van der Waals surface area (Å²) in [5.74, 6) is 0. The molecule has 0 heterocycles. The Labute approximate surface area is 89.9 Å². The van der Waals surface area contributed by atoms with Gasteiger partial charge in [-0.25, -0.2) is 0 Å². The predicted octanol–water partition coefficient (Wildman–Crippen LogP) is -0.110. The van der Waals surface area contributed by atoms with Gasteiger partial charge in [-0.1, -0.05) is 0 Å². The fourth-order valence-electron chi connectivity index (χ4n) is 0.703. The zero-order chi connectivity index (χ0) is 10.5. The van der Waals surface area contributed by atoms with Gasteiger partial charge in [-0.2, -0.15) is 0 Å². The normalized spacial score (nSPS) is 10.7. The molecule has 0 unspecified atom stereocenters. The minimum absolute atomic E-state index is 0.0485. The van der Waals surface area contributed by atoms with Crippen molar-refractivity contribution >= 4 is 12.9 Å². The van der Waals surface area contributed by atoms with Gasteiger partial charge in [0.05, 0.1) is 52.9 Å². The Kier molecular flexibility index (Phi) is 13.3. The van der Waals surface area contributed by atoms with Crippen LogP contribution in [0, 0.1) is 0 Å². The van der Waals surface area contributed by atoms with Crippen molar-refractivity contribution < 1.29 is 23.5 Å². The summed E-state index contributed by atoms with van der Waals surface area (Å²) >= 11 is 3.56. The molecule has 14 heavy (non-hydrogen) atoms. The maximum absolute atomic E-state index is 8.39. The molecular formula is C8H18O5S. The summed E-state index contributed by atoms with van der Waals surface area (Å²) in [7, 11) is 0. The molecule has 0 aliphatic carbocycles. The van der Waals surface area contributed by atoms with Gasteiger partial charge in [0.2, 0.25) is 0 Å². The highest BCUT2D eigenvalue weighted by Gasteiger charge is 1.90. The fraction of sp³-hybridized carbons (Fsp3) is 1.00. The quantitative estimate of drug-likeness (QED) is 0.292. The summed E-state index contributed by atoms with van der Waals surface area (Å²) in [5, 5.41) is 8.39. The topological polar surface area (TPSA) is 57.2 Å². The third kappa shape index (κ3) is 12.2. The number of aliphatic hydroxyl groups excluding tert-OH is 1. The highest BCUT2D eigenvalue weighted by atomic mass is 32.1. The average molecular weight is 226 g/mol. The summed E-state index contributed by atoms with van der Waals surface area (Å²) in [5.41, 5.74) is 0. The predicted molar refractivity (Wildman–Crippen MR) is 54.5 cm³/mol. The van der Waals surface area contributed by atoms with Gasteiger partial charge in [-0.05, 0) is 12.9 Å². The Balaban J connectivity index is 2.78. The molecule has 1 N–H and O–H groups in total. The standard InChI is InChI=1S/C8H18O5S/c9-1-2-10-3-4-11-5-6-12-7-8-13-14/h9,14H,1-8H2. The average Bonchev–Trinajstić information content (AvgIpc) is 2.21. The lowest BCUT2D eigenvalue weighted by Crippen LogP contribution is -2.11. The molecule has 0 saturated heterocycles. The summed E-state index contributed by atoms with van der Waals surface area (Å²) in [6.45, 7) is 3.50. The Morgan fingerprint density at radius 1 is 0.714 bits per heavy atom. The van der Waals surface area contributed by atoms with Crippen molar-refractivity contribution in [1.82, 2.24) is 0 Å². The van der Waals surface area contributed by atoms with E-state index in [4.69, 9.17) is 19.3 Å². The van der Waals surface area contributed by atoms with Crippen LogP contribution in [0.2, 0.25) is 0 Å². The molecule has 0 fully saturated rings. The Morgan fingerprint density at radius 2 is 1.14 bits per heavy atom. The molecule has 0 radical (unpaired) electrons. The molecule has 0 aromatic carbocycles. The van der Waals surface area contributed by atoms with Gasteiger partial charge in [0.15, 0.2) is 0 Å². The number of aliphatic hydroxyl groups is 1. The molecule has 5 nitrogen and oxygen atoms in total. The van der Waals surface area contributed by atoms with Crippen molar-refractivity contribution in [1.29, 1.82) is 0 Å².